The molecule has 0 unspecified atom stereocenters. The van der Waals surface area contributed by atoms with Gasteiger partial charge in [0.15, 0.2) is 11.5 Å². The molecule has 0 radical (unpaired) electrons. The van der Waals surface area contributed by atoms with Gasteiger partial charge in [-0.3, -0.25) is 9.59 Å². The van der Waals surface area contributed by atoms with Crippen molar-refractivity contribution in [1.82, 2.24) is 5.32 Å². The maximum Gasteiger partial charge on any atom is 0.234 e. The second-order valence-electron chi connectivity index (χ2n) is 6.27. The minimum absolute atomic E-state index is 0.122. The quantitative estimate of drug-likeness (QED) is 0.672. The molecule has 0 bridgehead atoms. The Balaban J connectivity index is 1.77. The molecule has 0 aliphatic heterocycles. The zero-order chi connectivity index (χ0) is 20.5. The van der Waals surface area contributed by atoms with E-state index in [0.29, 0.717) is 18.0 Å². The van der Waals surface area contributed by atoms with Crippen LogP contribution in [-0.2, 0) is 16.1 Å². The second-order valence-corrected chi connectivity index (χ2v) is 7.60. The van der Waals surface area contributed by atoms with Gasteiger partial charge in [-0.05, 0) is 43.7 Å². The fourth-order valence-electron chi connectivity index (χ4n) is 2.43. The first-order valence-corrected chi connectivity index (χ1v) is 9.94. The monoisotopic (exact) mass is 402 g/mol. The lowest BCUT2D eigenvalue weighted by Crippen LogP contribution is -2.31. The summed E-state index contributed by atoms with van der Waals surface area (Å²) in [7, 11) is 3.15. The largest absolute Gasteiger partial charge is 0.493 e. The third-order valence-corrected chi connectivity index (χ3v) is 5.23. The van der Waals surface area contributed by atoms with E-state index in [1.165, 1.54) is 11.8 Å². The molecular weight excluding hydrogens is 376 g/mol. The van der Waals surface area contributed by atoms with Gasteiger partial charge in [-0.2, -0.15) is 0 Å². The van der Waals surface area contributed by atoms with Crippen molar-refractivity contribution in [2.45, 2.75) is 25.6 Å². The van der Waals surface area contributed by atoms with Crippen LogP contribution in [-0.4, -0.2) is 37.0 Å². The number of hydrogen-bond acceptors (Lipinski definition) is 5. The van der Waals surface area contributed by atoms with Crippen molar-refractivity contribution in [1.29, 1.82) is 0 Å². The number of nitrogens with one attached hydrogen (secondary N) is 2. The zero-order valence-corrected chi connectivity index (χ0v) is 17.4. The highest BCUT2D eigenvalue weighted by atomic mass is 32.2. The van der Waals surface area contributed by atoms with Gasteiger partial charge in [-0.25, -0.2) is 0 Å². The third kappa shape index (κ3) is 6.49. The third-order valence-electron chi connectivity index (χ3n) is 4.08. The smallest absolute Gasteiger partial charge is 0.234 e. The summed E-state index contributed by atoms with van der Waals surface area (Å²) in [5.74, 6) is 1.21. The number of ether oxygens (including phenoxy) is 2. The number of hydrogen-bond donors (Lipinski definition) is 2. The van der Waals surface area contributed by atoms with Gasteiger partial charge in [-0.1, -0.05) is 23.8 Å². The van der Waals surface area contributed by atoms with Crippen LogP contribution in [0.4, 0.5) is 5.69 Å². The van der Waals surface area contributed by atoms with E-state index in [4.69, 9.17) is 9.47 Å². The lowest BCUT2D eigenvalue weighted by Gasteiger charge is -2.13. The molecule has 0 aliphatic rings. The van der Waals surface area contributed by atoms with Crippen molar-refractivity contribution in [3.05, 3.63) is 53.6 Å². The highest BCUT2D eigenvalue weighted by Gasteiger charge is 2.15. The summed E-state index contributed by atoms with van der Waals surface area (Å²) < 4.78 is 10.5. The Morgan fingerprint density at radius 3 is 2.36 bits per heavy atom. The molecule has 150 valence electrons. The SMILES string of the molecule is COc1ccc(CNC(=O)[C@@H](C)SCC(=O)Nc2ccc(C)cc2)cc1OC. The molecule has 0 spiro atoms. The van der Waals surface area contributed by atoms with Crippen LogP contribution in [0.3, 0.4) is 0 Å². The molecule has 6 nitrogen and oxygen atoms in total. The summed E-state index contributed by atoms with van der Waals surface area (Å²) in [5, 5.41) is 5.36. The molecule has 2 N–H and O–H groups in total. The summed E-state index contributed by atoms with van der Waals surface area (Å²) in [5.41, 5.74) is 2.79. The number of anilines is 1. The van der Waals surface area contributed by atoms with Crippen LogP contribution in [0, 0.1) is 6.92 Å². The Morgan fingerprint density at radius 2 is 1.71 bits per heavy atom. The topological polar surface area (TPSA) is 76.7 Å². The summed E-state index contributed by atoms with van der Waals surface area (Å²) in [4.78, 5) is 24.3. The number of methoxy groups -OCH3 is 2. The lowest BCUT2D eigenvalue weighted by atomic mass is 10.2. The molecule has 2 amide bonds. The average Bonchev–Trinajstić information content (AvgIpc) is 2.71. The summed E-state index contributed by atoms with van der Waals surface area (Å²) >= 11 is 1.30. The van der Waals surface area contributed by atoms with Crippen molar-refractivity contribution >= 4 is 29.3 Å². The minimum atomic E-state index is -0.344. The van der Waals surface area contributed by atoms with Gasteiger partial charge in [0.2, 0.25) is 11.8 Å². The van der Waals surface area contributed by atoms with E-state index in [0.717, 1.165) is 16.8 Å². The van der Waals surface area contributed by atoms with Gasteiger partial charge in [0.25, 0.3) is 0 Å². The minimum Gasteiger partial charge on any atom is -0.493 e. The normalized spacial score (nSPS) is 11.4. The Hall–Kier alpha value is -2.67. The van der Waals surface area contributed by atoms with E-state index in [1.807, 2.05) is 43.3 Å². The molecule has 0 heterocycles. The first kappa shape index (κ1) is 21.6. The number of carbonyl (C=O) groups excluding carboxylic acids is 2. The van der Waals surface area contributed by atoms with Crippen molar-refractivity contribution in [3.63, 3.8) is 0 Å². The fourth-order valence-corrected chi connectivity index (χ4v) is 3.14. The van der Waals surface area contributed by atoms with Gasteiger partial charge in [-0.15, -0.1) is 11.8 Å². The predicted molar refractivity (Wildman–Crippen MR) is 113 cm³/mol. The molecule has 0 fully saturated rings. The Labute approximate surface area is 170 Å². The van der Waals surface area contributed by atoms with Gasteiger partial charge in [0, 0.05) is 12.2 Å². The summed E-state index contributed by atoms with van der Waals surface area (Å²) in [6.45, 7) is 4.15. The molecule has 7 heteroatoms. The highest BCUT2D eigenvalue weighted by Crippen LogP contribution is 2.27. The van der Waals surface area contributed by atoms with Crippen molar-refractivity contribution in [3.8, 4) is 11.5 Å². The van der Waals surface area contributed by atoms with E-state index in [-0.39, 0.29) is 22.8 Å². The van der Waals surface area contributed by atoms with Crippen LogP contribution in [0.2, 0.25) is 0 Å². The fraction of sp³-hybridized carbons (Fsp3) is 0.333. The van der Waals surface area contributed by atoms with Crippen LogP contribution in [0.5, 0.6) is 11.5 Å². The highest BCUT2D eigenvalue weighted by molar-refractivity contribution is 8.01. The average molecular weight is 403 g/mol. The first-order valence-electron chi connectivity index (χ1n) is 8.89. The predicted octanol–water partition coefficient (Wildman–Crippen LogP) is 3.39. The van der Waals surface area contributed by atoms with E-state index in [2.05, 4.69) is 10.6 Å². The van der Waals surface area contributed by atoms with E-state index >= 15 is 0 Å². The molecule has 0 saturated heterocycles. The first-order chi connectivity index (χ1) is 13.4. The van der Waals surface area contributed by atoms with Crippen LogP contribution < -0.4 is 20.1 Å². The van der Waals surface area contributed by atoms with E-state index in [1.54, 1.807) is 27.2 Å². The van der Waals surface area contributed by atoms with Crippen LogP contribution >= 0.6 is 11.8 Å². The van der Waals surface area contributed by atoms with Crippen LogP contribution in [0.15, 0.2) is 42.5 Å². The number of rotatable bonds is 9. The van der Waals surface area contributed by atoms with Crippen molar-refractivity contribution < 1.29 is 19.1 Å². The van der Waals surface area contributed by atoms with Gasteiger partial charge in [0.1, 0.15) is 0 Å². The maximum atomic E-state index is 12.3. The standard InChI is InChI=1S/C21H26N2O4S/c1-14-5-8-17(9-6-14)23-20(24)13-28-15(2)21(25)22-12-16-7-10-18(26-3)19(11-16)27-4/h5-11,15H,12-13H2,1-4H3,(H,22,25)(H,23,24)/t15-/m1/s1. The molecular formula is C21H26N2O4S. The summed E-state index contributed by atoms with van der Waals surface area (Å²) in [6, 6.07) is 13.1. The van der Waals surface area contributed by atoms with Gasteiger partial charge >= 0.3 is 0 Å². The van der Waals surface area contributed by atoms with Crippen LogP contribution in [0.25, 0.3) is 0 Å². The van der Waals surface area contributed by atoms with Crippen molar-refractivity contribution in [2.24, 2.45) is 0 Å². The van der Waals surface area contributed by atoms with E-state index in [9.17, 15) is 9.59 Å². The van der Waals surface area contributed by atoms with Crippen molar-refractivity contribution in [2.75, 3.05) is 25.3 Å². The molecule has 28 heavy (non-hydrogen) atoms. The number of aryl methyl sites for hydroxylation is 1. The van der Waals surface area contributed by atoms with Crippen LogP contribution in [0.1, 0.15) is 18.1 Å². The van der Waals surface area contributed by atoms with Gasteiger partial charge in [0.05, 0.1) is 25.2 Å². The Bertz CT molecular complexity index is 809. The number of carbonyl (C=O) groups is 2. The number of amides is 2. The molecule has 2 aromatic rings. The molecule has 1 atom stereocenters. The number of benzene rings is 2. The second kappa shape index (κ2) is 10.6. The maximum absolute atomic E-state index is 12.3. The molecule has 2 aromatic carbocycles. The molecule has 0 aliphatic carbocycles. The Kier molecular flexibility index (Phi) is 8.19. The Morgan fingerprint density at radius 1 is 1.04 bits per heavy atom. The number of thioether (sulfide) groups is 1. The molecule has 2 rings (SSSR count). The van der Waals surface area contributed by atoms with Gasteiger partial charge < -0.3 is 20.1 Å². The summed E-state index contributed by atoms with van der Waals surface area (Å²) in [6.07, 6.45) is 0. The molecule has 0 saturated carbocycles. The molecule has 0 aromatic heterocycles. The zero-order valence-electron chi connectivity index (χ0n) is 16.6. The lowest BCUT2D eigenvalue weighted by molar-refractivity contribution is -0.120. The van der Waals surface area contributed by atoms with E-state index < -0.39 is 0 Å².